The number of benzene rings is 1. The fraction of sp³-hybridized carbons (Fsp3) is 0.593. The third-order valence-electron chi connectivity index (χ3n) is 6.42. The van der Waals surface area contributed by atoms with E-state index in [1.165, 1.54) is 12.1 Å². The first-order valence-electron chi connectivity index (χ1n) is 12.4. The Balaban J connectivity index is 1.62. The van der Waals surface area contributed by atoms with Crippen molar-refractivity contribution >= 4 is 23.3 Å². The molecule has 33 heavy (non-hydrogen) atoms. The average molecular weight is 458 g/mol. The van der Waals surface area contributed by atoms with Gasteiger partial charge in [0.05, 0.1) is 11.7 Å². The lowest BCUT2D eigenvalue weighted by molar-refractivity contribution is -0.121. The van der Waals surface area contributed by atoms with Crippen molar-refractivity contribution < 1.29 is 24.6 Å². The van der Waals surface area contributed by atoms with Gasteiger partial charge in [-0.1, -0.05) is 57.6 Å². The Kier molecular flexibility index (Phi) is 11.9. The van der Waals surface area contributed by atoms with Gasteiger partial charge in [-0.25, -0.2) is 4.79 Å². The molecule has 6 heteroatoms. The van der Waals surface area contributed by atoms with E-state index in [1.807, 2.05) is 6.08 Å². The number of aromatic carboxylic acids is 1. The smallest absolute Gasteiger partial charge is 0.335 e. The maximum atomic E-state index is 12.3. The van der Waals surface area contributed by atoms with Crippen molar-refractivity contribution in [2.45, 2.75) is 90.1 Å². The summed E-state index contributed by atoms with van der Waals surface area (Å²) in [6.07, 6.45) is 14.1. The first-order valence-corrected chi connectivity index (χ1v) is 12.4. The minimum Gasteiger partial charge on any atom is -0.478 e. The number of hydrogen-bond donors (Lipinski definition) is 3. The maximum Gasteiger partial charge on any atom is 0.335 e. The Labute approximate surface area is 197 Å². The van der Waals surface area contributed by atoms with Crippen LogP contribution in [0.1, 0.15) is 94.3 Å². The number of amides is 1. The molecule has 0 heterocycles. The van der Waals surface area contributed by atoms with Crippen molar-refractivity contribution in [2.24, 2.45) is 11.8 Å². The third kappa shape index (κ3) is 9.91. The Morgan fingerprint density at radius 3 is 2.52 bits per heavy atom. The summed E-state index contributed by atoms with van der Waals surface area (Å²) in [6, 6.07) is 6.12. The van der Waals surface area contributed by atoms with Gasteiger partial charge in [0.25, 0.3) is 0 Å². The Morgan fingerprint density at radius 2 is 1.82 bits per heavy atom. The number of Topliss-reactive ketones (excluding diaryl/α,β-unsaturated/α-hetero) is 1. The predicted octanol–water partition coefficient (Wildman–Crippen LogP) is 5.76. The van der Waals surface area contributed by atoms with E-state index in [4.69, 9.17) is 5.11 Å². The number of nitrogens with one attached hydrogen (secondary N) is 1. The number of ketones is 1. The first-order chi connectivity index (χ1) is 15.9. The zero-order chi connectivity index (χ0) is 24.1. The fourth-order valence-corrected chi connectivity index (χ4v) is 4.43. The summed E-state index contributed by atoms with van der Waals surface area (Å²) in [4.78, 5) is 35.2. The standard InChI is InChI=1S/C27H39NO5/c1-2-3-6-9-23(29)18-14-20-15-19-25(30)24(20)10-7-4-5-8-11-26(31)28-22-16-12-21(13-17-22)27(32)33/h12-14,16-18,20,23-24,29H,2-11,15,19H2,1H3,(H,28,31)(H,32,33)/b18-14+/t20-,23-,24+/m0/s1. The number of carboxylic acids is 1. The molecular weight excluding hydrogens is 418 g/mol. The second-order valence-corrected chi connectivity index (χ2v) is 9.11. The van der Waals surface area contributed by atoms with Gasteiger partial charge >= 0.3 is 5.97 Å². The van der Waals surface area contributed by atoms with Crippen LogP contribution < -0.4 is 5.32 Å². The quantitative estimate of drug-likeness (QED) is 0.230. The molecule has 0 spiro atoms. The number of aliphatic hydroxyl groups excluding tert-OH is 1. The summed E-state index contributed by atoms with van der Waals surface area (Å²) in [7, 11) is 0. The number of allylic oxidation sites excluding steroid dienone is 1. The SMILES string of the molecule is CCCCC[C@H](O)/C=C/[C@H]1CCC(=O)[C@@H]1CCCCCCC(=O)Nc1ccc(C(=O)O)cc1. The highest BCUT2D eigenvalue weighted by atomic mass is 16.4. The molecule has 0 bridgehead atoms. The second kappa shape index (κ2) is 14.6. The van der Waals surface area contributed by atoms with Gasteiger partial charge in [-0.05, 0) is 55.9 Å². The summed E-state index contributed by atoms with van der Waals surface area (Å²) in [5, 5.41) is 21.8. The van der Waals surface area contributed by atoms with Gasteiger partial charge in [0.1, 0.15) is 5.78 Å². The van der Waals surface area contributed by atoms with Crippen LogP contribution >= 0.6 is 0 Å². The number of carbonyl (C=O) groups excluding carboxylic acids is 2. The van der Waals surface area contributed by atoms with Crippen LogP contribution in [0.15, 0.2) is 36.4 Å². The van der Waals surface area contributed by atoms with Crippen molar-refractivity contribution in [2.75, 3.05) is 5.32 Å². The molecule has 0 saturated heterocycles. The molecule has 2 rings (SSSR count). The van der Waals surface area contributed by atoms with Crippen molar-refractivity contribution in [1.82, 2.24) is 0 Å². The van der Waals surface area contributed by atoms with Gasteiger partial charge in [0.2, 0.25) is 5.91 Å². The molecular formula is C27H39NO5. The number of unbranched alkanes of at least 4 members (excludes halogenated alkanes) is 5. The zero-order valence-electron chi connectivity index (χ0n) is 19.8. The number of anilines is 1. The van der Waals surface area contributed by atoms with Crippen LogP contribution in [-0.2, 0) is 9.59 Å². The molecule has 0 aromatic heterocycles. The van der Waals surface area contributed by atoms with Crippen LogP contribution in [0.2, 0.25) is 0 Å². The topological polar surface area (TPSA) is 104 Å². The fourth-order valence-electron chi connectivity index (χ4n) is 4.43. The highest BCUT2D eigenvalue weighted by Gasteiger charge is 2.32. The van der Waals surface area contributed by atoms with E-state index in [1.54, 1.807) is 12.1 Å². The zero-order valence-corrected chi connectivity index (χ0v) is 19.8. The molecule has 1 aliphatic rings. The molecule has 0 radical (unpaired) electrons. The minimum absolute atomic E-state index is 0.0705. The lowest BCUT2D eigenvalue weighted by Gasteiger charge is -2.15. The van der Waals surface area contributed by atoms with Crippen molar-refractivity contribution in [3.63, 3.8) is 0 Å². The van der Waals surface area contributed by atoms with Crippen LogP contribution in [0.4, 0.5) is 5.69 Å². The van der Waals surface area contributed by atoms with Crippen LogP contribution in [0.5, 0.6) is 0 Å². The normalized spacial score (nSPS) is 19.2. The van der Waals surface area contributed by atoms with E-state index in [0.717, 1.165) is 64.2 Å². The van der Waals surface area contributed by atoms with Crippen LogP contribution in [-0.4, -0.2) is 34.0 Å². The van der Waals surface area contributed by atoms with Crippen molar-refractivity contribution in [1.29, 1.82) is 0 Å². The number of carbonyl (C=O) groups is 3. The van der Waals surface area contributed by atoms with Crippen molar-refractivity contribution in [3.8, 4) is 0 Å². The molecule has 1 aromatic rings. The van der Waals surface area contributed by atoms with Gasteiger partial charge in [-0.3, -0.25) is 9.59 Å². The summed E-state index contributed by atoms with van der Waals surface area (Å²) in [5.41, 5.74) is 0.786. The van der Waals surface area contributed by atoms with Gasteiger partial charge in [0.15, 0.2) is 0 Å². The summed E-state index contributed by atoms with van der Waals surface area (Å²) >= 11 is 0. The van der Waals surface area contributed by atoms with Gasteiger partial charge in [-0.15, -0.1) is 0 Å². The monoisotopic (exact) mass is 457 g/mol. The van der Waals surface area contributed by atoms with Gasteiger partial charge in [0, 0.05) is 24.4 Å². The van der Waals surface area contributed by atoms with Gasteiger partial charge < -0.3 is 15.5 Å². The third-order valence-corrected chi connectivity index (χ3v) is 6.42. The first kappa shape index (κ1) is 26.8. The van der Waals surface area contributed by atoms with E-state index in [0.29, 0.717) is 24.3 Å². The van der Waals surface area contributed by atoms with E-state index in [9.17, 15) is 19.5 Å². The molecule has 1 aromatic carbocycles. The Bertz CT molecular complexity index is 786. The van der Waals surface area contributed by atoms with E-state index in [-0.39, 0.29) is 23.3 Å². The molecule has 0 unspecified atom stereocenters. The number of hydrogen-bond acceptors (Lipinski definition) is 4. The number of rotatable bonds is 15. The molecule has 0 aliphatic heterocycles. The van der Waals surface area contributed by atoms with E-state index < -0.39 is 12.1 Å². The van der Waals surface area contributed by atoms with Crippen LogP contribution in [0.25, 0.3) is 0 Å². The molecule has 1 aliphatic carbocycles. The van der Waals surface area contributed by atoms with Crippen LogP contribution in [0, 0.1) is 11.8 Å². The molecule has 1 amide bonds. The maximum absolute atomic E-state index is 12.3. The second-order valence-electron chi connectivity index (χ2n) is 9.11. The number of aliphatic hydroxyl groups is 1. The lowest BCUT2D eigenvalue weighted by Crippen LogP contribution is -2.14. The molecule has 182 valence electrons. The minimum atomic E-state index is -0.991. The molecule has 1 fully saturated rings. The average Bonchev–Trinajstić information content (AvgIpc) is 3.14. The summed E-state index contributed by atoms with van der Waals surface area (Å²) in [5.74, 6) is -0.405. The largest absolute Gasteiger partial charge is 0.478 e. The van der Waals surface area contributed by atoms with Crippen molar-refractivity contribution in [3.05, 3.63) is 42.0 Å². The van der Waals surface area contributed by atoms with Crippen LogP contribution in [0.3, 0.4) is 0 Å². The Morgan fingerprint density at radius 1 is 1.09 bits per heavy atom. The summed E-state index contributed by atoms with van der Waals surface area (Å²) in [6.45, 7) is 2.15. The van der Waals surface area contributed by atoms with Gasteiger partial charge in [-0.2, -0.15) is 0 Å². The highest BCUT2D eigenvalue weighted by molar-refractivity contribution is 5.92. The molecule has 1 saturated carbocycles. The predicted molar refractivity (Wildman–Crippen MR) is 130 cm³/mol. The molecule has 3 atom stereocenters. The Hall–Kier alpha value is -2.47. The van der Waals surface area contributed by atoms with E-state index >= 15 is 0 Å². The molecule has 3 N–H and O–H groups in total. The summed E-state index contributed by atoms with van der Waals surface area (Å²) < 4.78 is 0. The number of carboxylic acid groups (broad SMARTS) is 1. The lowest BCUT2D eigenvalue weighted by atomic mass is 9.89. The van der Waals surface area contributed by atoms with E-state index in [2.05, 4.69) is 18.3 Å². The molecule has 6 nitrogen and oxygen atoms in total. The highest BCUT2D eigenvalue weighted by Crippen LogP contribution is 2.34.